The fraction of sp³-hybridized carbons (Fsp3) is 0.412. The van der Waals surface area contributed by atoms with E-state index in [1.165, 1.54) is 38.1 Å². The zero-order valence-electron chi connectivity index (χ0n) is 14.3. The second-order valence-electron chi connectivity index (χ2n) is 6.20. The Morgan fingerprint density at radius 2 is 1.92 bits per heavy atom. The van der Waals surface area contributed by atoms with E-state index in [1.54, 1.807) is 12.1 Å². The first kappa shape index (κ1) is 18.6. The summed E-state index contributed by atoms with van der Waals surface area (Å²) in [6, 6.07) is 5.68. The topological polar surface area (TPSA) is 88.1 Å². The van der Waals surface area contributed by atoms with Crippen LogP contribution in [0.15, 0.2) is 29.4 Å². The van der Waals surface area contributed by atoms with E-state index in [1.807, 2.05) is 0 Å². The summed E-state index contributed by atoms with van der Waals surface area (Å²) in [6.45, 7) is 3.17. The number of nitrogens with one attached hydrogen (secondary N) is 1. The van der Waals surface area contributed by atoms with Gasteiger partial charge in [0.25, 0.3) is 5.91 Å². The van der Waals surface area contributed by atoms with Crippen molar-refractivity contribution in [3.05, 3.63) is 35.6 Å². The summed E-state index contributed by atoms with van der Waals surface area (Å²) in [5.74, 6) is -1.72. The van der Waals surface area contributed by atoms with Crippen molar-refractivity contribution in [2.45, 2.75) is 38.8 Å². The van der Waals surface area contributed by atoms with Crippen LogP contribution in [0, 0.1) is 5.82 Å². The number of ether oxygens (including phenoxy) is 1. The first-order valence-corrected chi connectivity index (χ1v) is 7.76. The van der Waals surface area contributed by atoms with Crippen LogP contribution in [0.25, 0.3) is 0 Å². The molecule has 0 spiro atoms. The number of hydrogen-bond donors (Lipinski definition) is 1. The van der Waals surface area contributed by atoms with Crippen LogP contribution in [0.2, 0.25) is 0 Å². The number of carbonyl (C=O) groups excluding carboxylic acids is 3. The standard InChI is InChI=1S/C17H20FN3O4/c1-17(2,16(24)25-3)19-15(23)13-8-9-14(22)21(20-13)10-11-4-6-12(18)7-5-11/h4-7H,8-10H2,1-3H3,(H,19,23). The Balaban J connectivity index is 2.12. The van der Waals surface area contributed by atoms with E-state index in [0.29, 0.717) is 5.56 Å². The largest absolute Gasteiger partial charge is 0.467 e. The Bertz CT molecular complexity index is 713. The van der Waals surface area contributed by atoms with Crippen LogP contribution in [0.3, 0.4) is 0 Å². The third-order valence-corrected chi connectivity index (χ3v) is 3.73. The molecule has 0 saturated heterocycles. The van der Waals surface area contributed by atoms with Crippen LogP contribution in [0.4, 0.5) is 4.39 Å². The van der Waals surface area contributed by atoms with Crippen molar-refractivity contribution in [3.8, 4) is 0 Å². The van der Waals surface area contributed by atoms with Gasteiger partial charge in [-0.05, 0) is 31.5 Å². The van der Waals surface area contributed by atoms with Gasteiger partial charge in [0.2, 0.25) is 5.91 Å². The van der Waals surface area contributed by atoms with Crippen LogP contribution in [0.5, 0.6) is 0 Å². The summed E-state index contributed by atoms with van der Waals surface area (Å²) in [7, 11) is 1.23. The van der Waals surface area contributed by atoms with E-state index in [-0.39, 0.29) is 36.8 Å². The fourth-order valence-electron chi connectivity index (χ4n) is 2.31. The van der Waals surface area contributed by atoms with Crippen LogP contribution in [-0.2, 0) is 25.7 Å². The summed E-state index contributed by atoms with van der Waals surface area (Å²) >= 11 is 0. The number of halogens is 1. The van der Waals surface area contributed by atoms with Gasteiger partial charge in [0.1, 0.15) is 17.1 Å². The van der Waals surface area contributed by atoms with Crippen LogP contribution >= 0.6 is 0 Å². The average molecular weight is 349 g/mol. The molecule has 1 aromatic carbocycles. The molecule has 0 unspecified atom stereocenters. The zero-order valence-corrected chi connectivity index (χ0v) is 14.3. The minimum absolute atomic E-state index is 0.131. The number of amides is 2. The van der Waals surface area contributed by atoms with Crippen LogP contribution in [-0.4, -0.2) is 41.2 Å². The predicted octanol–water partition coefficient (Wildman–Crippen LogP) is 1.37. The van der Waals surface area contributed by atoms with E-state index in [2.05, 4.69) is 15.2 Å². The Morgan fingerprint density at radius 1 is 1.28 bits per heavy atom. The molecule has 1 aromatic rings. The number of methoxy groups -OCH3 is 1. The van der Waals surface area contributed by atoms with E-state index < -0.39 is 17.4 Å². The minimum Gasteiger partial charge on any atom is -0.467 e. The molecule has 0 saturated carbocycles. The van der Waals surface area contributed by atoms with Gasteiger partial charge in [0.15, 0.2) is 0 Å². The van der Waals surface area contributed by atoms with Crippen molar-refractivity contribution >= 4 is 23.5 Å². The van der Waals surface area contributed by atoms with Crippen molar-refractivity contribution in [2.24, 2.45) is 5.10 Å². The summed E-state index contributed by atoms with van der Waals surface area (Å²) in [5, 5.41) is 7.82. The number of benzene rings is 1. The lowest BCUT2D eigenvalue weighted by Gasteiger charge is -2.26. The third kappa shape index (κ3) is 4.62. The number of esters is 1. The van der Waals surface area contributed by atoms with Gasteiger partial charge in [-0.3, -0.25) is 9.59 Å². The molecule has 2 rings (SSSR count). The molecular formula is C17H20FN3O4. The number of hydrogen-bond acceptors (Lipinski definition) is 5. The molecule has 134 valence electrons. The molecule has 7 nitrogen and oxygen atoms in total. The van der Waals surface area contributed by atoms with Gasteiger partial charge in [-0.2, -0.15) is 5.10 Å². The van der Waals surface area contributed by atoms with Gasteiger partial charge in [-0.15, -0.1) is 0 Å². The lowest BCUT2D eigenvalue weighted by atomic mass is 10.0. The Hall–Kier alpha value is -2.77. The second-order valence-corrected chi connectivity index (χ2v) is 6.20. The molecule has 0 radical (unpaired) electrons. The SMILES string of the molecule is COC(=O)C(C)(C)NC(=O)C1=NN(Cc2ccc(F)cc2)C(=O)CC1. The molecule has 8 heteroatoms. The number of nitrogens with zero attached hydrogens (tertiary/aromatic N) is 2. The van der Waals surface area contributed by atoms with E-state index in [4.69, 9.17) is 0 Å². The maximum atomic E-state index is 13.0. The highest BCUT2D eigenvalue weighted by atomic mass is 19.1. The highest BCUT2D eigenvalue weighted by molar-refractivity contribution is 6.40. The van der Waals surface area contributed by atoms with E-state index in [0.717, 1.165) is 0 Å². The molecule has 0 aliphatic carbocycles. The number of carbonyl (C=O) groups is 3. The number of rotatable bonds is 5. The molecule has 0 fully saturated rings. The summed E-state index contributed by atoms with van der Waals surface area (Å²) in [4.78, 5) is 36.0. The van der Waals surface area contributed by atoms with Crippen molar-refractivity contribution in [1.82, 2.24) is 10.3 Å². The molecule has 1 N–H and O–H groups in total. The van der Waals surface area contributed by atoms with Gasteiger partial charge in [-0.25, -0.2) is 14.2 Å². The van der Waals surface area contributed by atoms with Crippen molar-refractivity contribution < 1.29 is 23.5 Å². The minimum atomic E-state index is -1.21. The number of hydrazone groups is 1. The summed E-state index contributed by atoms with van der Waals surface area (Å²) in [6.07, 6.45) is 0.313. The Labute approximate surface area is 144 Å². The molecule has 1 aliphatic heterocycles. The van der Waals surface area contributed by atoms with Gasteiger partial charge in [0, 0.05) is 12.8 Å². The third-order valence-electron chi connectivity index (χ3n) is 3.73. The summed E-state index contributed by atoms with van der Waals surface area (Å²) < 4.78 is 17.6. The van der Waals surface area contributed by atoms with Crippen molar-refractivity contribution in [2.75, 3.05) is 7.11 Å². The van der Waals surface area contributed by atoms with Crippen molar-refractivity contribution in [1.29, 1.82) is 0 Å². The Kier molecular flexibility index (Phi) is 5.51. The highest BCUT2D eigenvalue weighted by Gasteiger charge is 2.33. The van der Waals surface area contributed by atoms with E-state index >= 15 is 0 Å². The van der Waals surface area contributed by atoms with Gasteiger partial charge < -0.3 is 10.1 Å². The average Bonchev–Trinajstić information content (AvgIpc) is 2.57. The van der Waals surface area contributed by atoms with Gasteiger partial charge >= 0.3 is 5.97 Å². The molecular weight excluding hydrogens is 329 g/mol. The molecule has 1 aliphatic rings. The van der Waals surface area contributed by atoms with E-state index in [9.17, 15) is 18.8 Å². The maximum absolute atomic E-state index is 13.0. The normalized spacial score (nSPS) is 14.8. The smallest absolute Gasteiger partial charge is 0.330 e. The monoisotopic (exact) mass is 349 g/mol. The molecule has 0 bridgehead atoms. The zero-order chi connectivity index (χ0) is 18.6. The first-order chi connectivity index (χ1) is 11.7. The molecule has 1 heterocycles. The fourth-order valence-corrected chi connectivity index (χ4v) is 2.31. The second kappa shape index (κ2) is 7.42. The molecule has 0 aromatic heterocycles. The van der Waals surface area contributed by atoms with Gasteiger partial charge in [0.05, 0.1) is 13.7 Å². The summed E-state index contributed by atoms with van der Waals surface area (Å²) in [5.41, 5.74) is -0.369. The lowest BCUT2D eigenvalue weighted by molar-refractivity contribution is -0.148. The van der Waals surface area contributed by atoms with Crippen molar-refractivity contribution in [3.63, 3.8) is 0 Å². The predicted molar refractivity (Wildman–Crippen MR) is 87.9 cm³/mol. The van der Waals surface area contributed by atoms with Gasteiger partial charge in [-0.1, -0.05) is 12.1 Å². The maximum Gasteiger partial charge on any atom is 0.330 e. The lowest BCUT2D eigenvalue weighted by Crippen LogP contribution is -2.53. The quantitative estimate of drug-likeness (QED) is 0.813. The Morgan fingerprint density at radius 3 is 2.52 bits per heavy atom. The molecule has 0 atom stereocenters. The highest BCUT2D eigenvalue weighted by Crippen LogP contribution is 2.15. The van der Waals surface area contributed by atoms with Crippen LogP contribution in [0.1, 0.15) is 32.3 Å². The molecule has 2 amide bonds. The first-order valence-electron chi connectivity index (χ1n) is 7.76. The molecule has 25 heavy (non-hydrogen) atoms. The van der Waals surface area contributed by atoms with Crippen LogP contribution < -0.4 is 5.32 Å².